The van der Waals surface area contributed by atoms with Crippen LogP contribution in [0.2, 0.25) is 0 Å². The maximum atomic E-state index is 14.4. The van der Waals surface area contributed by atoms with Gasteiger partial charge >= 0.3 is 0 Å². The van der Waals surface area contributed by atoms with Crippen LogP contribution < -0.4 is 14.8 Å². The van der Waals surface area contributed by atoms with E-state index >= 15 is 0 Å². The predicted octanol–water partition coefficient (Wildman–Crippen LogP) is 3.51. The normalized spacial score (nSPS) is 16.3. The highest BCUT2D eigenvalue weighted by Gasteiger charge is 2.22. The summed E-state index contributed by atoms with van der Waals surface area (Å²) in [5.41, 5.74) is 1.08. The number of hydrogen-bond donors (Lipinski definition) is 2. The summed E-state index contributed by atoms with van der Waals surface area (Å²) in [6.07, 6.45) is -0.404. The highest BCUT2D eigenvalue weighted by molar-refractivity contribution is 6.04. The average molecular weight is 359 g/mol. The molecule has 1 unspecified atom stereocenters. The summed E-state index contributed by atoms with van der Waals surface area (Å²) in [5, 5.41) is 11.8. The Kier molecular flexibility index (Phi) is 4.87. The predicted molar refractivity (Wildman–Crippen MR) is 96.5 cm³/mol. The molecule has 1 amide bonds. The van der Waals surface area contributed by atoms with Gasteiger partial charge in [0.15, 0.2) is 17.6 Å². The van der Waals surface area contributed by atoms with Crippen LogP contribution in [0.4, 0.5) is 10.1 Å². The van der Waals surface area contributed by atoms with Gasteiger partial charge < -0.3 is 19.9 Å². The molecule has 0 bridgehead atoms. The number of ether oxygens (including phenoxy) is 2. The fourth-order valence-corrected chi connectivity index (χ4v) is 2.65. The van der Waals surface area contributed by atoms with Crippen LogP contribution in [0.1, 0.15) is 36.7 Å². The van der Waals surface area contributed by atoms with E-state index in [2.05, 4.69) is 5.32 Å². The number of aliphatic hydroxyl groups is 1. The lowest BCUT2D eigenvalue weighted by molar-refractivity contribution is 0.0457. The molecule has 6 heteroatoms. The summed E-state index contributed by atoms with van der Waals surface area (Å²) in [4.78, 5) is 12.4. The van der Waals surface area contributed by atoms with Gasteiger partial charge in [0.1, 0.15) is 12.4 Å². The van der Waals surface area contributed by atoms with Gasteiger partial charge in [-0.2, -0.15) is 0 Å². The average Bonchev–Trinajstić information content (AvgIpc) is 2.60. The number of halogens is 1. The van der Waals surface area contributed by atoms with Gasteiger partial charge in [-0.25, -0.2) is 4.39 Å². The summed E-state index contributed by atoms with van der Waals surface area (Å²) >= 11 is 0. The van der Waals surface area contributed by atoms with Gasteiger partial charge in [0.05, 0.1) is 12.2 Å². The number of rotatable bonds is 3. The molecule has 1 aliphatic rings. The molecule has 0 fully saturated rings. The number of carbonyl (C=O) groups is 1. The van der Waals surface area contributed by atoms with Crippen LogP contribution in [-0.4, -0.2) is 30.3 Å². The molecule has 0 spiro atoms. The Morgan fingerprint density at radius 1 is 1.23 bits per heavy atom. The fraction of sp³-hybridized carbons (Fsp3) is 0.350. The summed E-state index contributed by atoms with van der Waals surface area (Å²) in [6.45, 7) is 6.04. The van der Waals surface area contributed by atoms with Gasteiger partial charge in [-0.3, -0.25) is 4.79 Å². The highest BCUT2D eigenvalue weighted by atomic mass is 19.1. The van der Waals surface area contributed by atoms with Gasteiger partial charge in [0, 0.05) is 11.8 Å². The van der Waals surface area contributed by atoms with Crippen molar-refractivity contribution in [2.75, 3.05) is 18.5 Å². The van der Waals surface area contributed by atoms with E-state index in [0.717, 1.165) is 5.56 Å². The molecule has 0 aromatic heterocycles. The minimum absolute atomic E-state index is 0.0202. The van der Waals surface area contributed by atoms with E-state index in [0.29, 0.717) is 17.2 Å². The number of carbonyl (C=O) groups excluding carboxylic acids is 1. The van der Waals surface area contributed by atoms with E-state index in [1.54, 1.807) is 24.3 Å². The lowest BCUT2D eigenvalue weighted by Gasteiger charge is -2.25. The van der Waals surface area contributed by atoms with Crippen molar-refractivity contribution in [3.8, 4) is 11.5 Å². The summed E-state index contributed by atoms with van der Waals surface area (Å²) in [6, 6.07) is 9.55. The highest BCUT2D eigenvalue weighted by Crippen LogP contribution is 2.34. The van der Waals surface area contributed by atoms with Crippen LogP contribution in [0.5, 0.6) is 11.5 Å². The molecular formula is C20H22FNO4. The van der Waals surface area contributed by atoms with E-state index in [-0.39, 0.29) is 24.2 Å². The molecule has 3 rings (SSSR count). The van der Waals surface area contributed by atoms with E-state index in [1.807, 2.05) is 20.8 Å². The Bertz CT molecular complexity index is 829. The van der Waals surface area contributed by atoms with Gasteiger partial charge in [0.25, 0.3) is 5.91 Å². The number of amides is 1. The molecule has 138 valence electrons. The largest absolute Gasteiger partial charge is 0.486 e. The first-order chi connectivity index (χ1) is 12.3. The minimum Gasteiger partial charge on any atom is -0.486 e. The number of nitrogens with one attached hydrogen (secondary N) is 1. The van der Waals surface area contributed by atoms with Crippen molar-refractivity contribution in [2.24, 2.45) is 0 Å². The molecule has 2 aromatic carbocycles. The molecular weight excluding hydrogens is 337 g/mol. The molecule has 0 radical (unpaired) electrons. The molecule has 1 atom stereocenters. The molecule has 0 saturated heterocycles. The quantitative estimate of drug-likeness (QED) is 0.880. The third-order valence-electron chi connectivity index (χ3n) is 4.20. The number of anilines is 1. The van der Waals surface area contributed by atoms with Crippen molar-refractivity contribution in [3.63, 3.8) is 0 Å². The lowest BCUT2D eigenvalue weighted by Crippen LogP contribution is -2.32. The van der Waals surface area contributed by atoms with Crippen molar-refractivity contribution < 1.29 is 23.8 Å². The van der Waals surface area contributed by atoms with E-state index in [4.69, 9.17) is 14.6 Å². The number of fused-ring (bicyclic) bond motifs is 1. The van der Waals surface area contributed by atoms with Crippen LogP contribution in [0.15, 0.2) is 36.4 Å². The van der Waals surface area contributed by atoms with E-state index in [1.165, 1.54) is 12.1 Å². The zero-order valence-electron chi connectivity index (χ0n) is 15.0. The fourth-order valence-electron chi connectivity index (χ4n) is 2.65. The Morgan fingerprint density at radius 3 is 2.65 bits per heavy atom. The topological polar surface area (TPSA) is 67.8 Å². The summed E-state index contributed by atoms with van der Waals surface area (Å²) in [5.74, 6) is -0.129. The van der Waals surface area contributed by atoms with Crippen molar-refractivity contribution in [1.29, 1.82) is 0 Å². The van der Waals surface area contributed by atoms with Crippen LogP contribution in [-0.2, 0) is 5.41 Å². The SMILES string of the molecule is CC(C)(C)c1ccc(C(=O)Nc2ccc3c(c2)OCC(CO)O3)c(F)c1. The van der Waals surface area contributed by atoms with E-state index < -0.39 is 17.8 Å². The van der Waals surface area contributed by atoms with Gasteiger partial charge in [-0.1, -0.05) is 26.8 Å². The van der Waals surface area contributed by atoms with Crippen molar-refractivity contribution in [3.05, 3.63) is 53.3 Å². The van der Waals surface area contributed by atoms with Crippen molar-refractivity contribution in [1.82, 2.24) is 0 Å². The minimum atomic E-state index is -0.557. The van der Waals surface area contributed by atoms with Gasteiger partial charge in [-0.05, 0) is 35.2 Å². The monoisotopic (exact) mass is 359 g/mol. The Hall–Kier alpha value is -2.60. The molecule has 2 N–H and O–H groups in total. The zero-order chi connectivity index (χ0) is 18.9. The third kappa shape index (κ3) is 3.80. The van der Waals surface area contributed by atoms with Crippen molar-refractivity contribution in [2.45, 2.75) is 32.3 Å². The Labute approximate surface area is 151 Å². The van der Waals surface area contributed by atoms with Crippen molar-refractivity contribution >= 4 is 11.6 Å². The van der Waals surface area contributed by atoms with Crippen LogP contribution in [0.3, 0.4) is 0 Å². The zero-order valence-corrected chi connectivity index (χ0v) is 15.0. The molecule has 0 aliphatic carbocycles. The maximum Gasteiger partial charge on any atom is 0.258 e. The molecule has 26 heavy (non-hydrogen) atoms. The van der Waals surface area contributed by atoms with Gasteiger partial charge in [-0.15, -0.1) is 0 Å². The smallest absolute Gasteiger partial charge is 0.258 e. The maximum absolute atomic E-state index is 14.4. The second-order valence-electron chi connectivity index (χ2n) is 7.29. The van der Waals surface area contributed by atoms with Crippen LogP contribution in [0.25, 0.3) is 0 Å². The summed E-state index contributed by atoms with van der Waals surface area (Å²) < 4.78 is 25.4. The number of aliphatic hydroxyl groups excluding tert-OH is 1. The second-order valence-corrected chi connectivity index (χ2v) is 7.29. The standard InChI is InChI=1S/C20H22FNO4/c1-20(2,3)12-4-6-15(16(21)8-12)19(24)22-13-5-7-17-18(9-13)25-11-14(10-23)26-17/h4-9,14,23H,10-11H2,1-3H3,(H,22,24). The Balaban J connectivity index is 1.77. The first-order valence-corrected chi connectivity index (χ1v) is 8.43. The molecule has 2 aromatic rings. The molecule has 1 aliphatic heterocycles. The number of benzene rings is 2. The van der Waals surface area contributed by atoms with Gasteiger partial charge in [0.2, 0.25) is 0 Å². The first-order valence-electron chi connectivity index (χ1n) is 8.43. The molecule has 0 saturated carbocycles. The van der Waals surface area contributed by atoms with Crippen LogP contribution in [0, 0.1) is 5.82 Å². The number of hydrogen-bond acceptors (Lipinski definition) is 4. The van der Waals surface area contributed by atoms with E-state index in [9.17, 15) is 9.18 Å². The molecule has 5 nitrogen and oxygen atoms in total. The molecule has 1 heterocycles. The first kappa shape index (κ1) is 18.2. The summed E-state index contributed by atoms with van der Waals surface area (Å²) in [7, 11) is 0. The Morgan fingerprint density at radius 2 is 2.00 bits per heavy atom. The van der Waals surface area contributed by atoms with Crippen LogP contribution >= 0.6 is 0 Å². The third-order valence-corrected chi connectivity index (χ3v) is 4.20. The second kappa shape index (κ2) is 6.96. The lowest BCUT2D eigenvalue weighted by atomic mass is 9.86.